The van der Waals surface area contributed by atoms with Crippen molar-refractivity contribution in [2.45, 2.75) is 27.3 Å². The van der Waals surface area contributed by atoms with Gasteiger partial charge in [0, 0.05) is 12.1 Å². The van der Waals surface area contributed by atoms with Gasteiger partial charge in [0.25, 0.3) is 0 Å². The molecule has 0 atom stereocenters. The van der Waals surface area contributed by atoms with Gasteiger partial charge in [0.2, 0.25) is 0 Å². The summed E-state index contributed by atoms with van der Waals surface area (Å²) in [6.45, 7) is 6.76. The highest BCUT2D eigenvalue weighted by Gasteiger charge is 2.06. The molecule has 0 amide bonds. The molecule has 1 heterocycles. The van der Waals surface area contributed by atoms with Crippen molar-refractivity contribution in [3.63, 3.8) is 0 Å². The van der Waals surface area contributed by atoms with E-state index < -0.39 is 0 Å². The summed E-state index contributed by atoms with van der Waals surface area (Å²) in [4.78, 5) is 0. The Balaban J connectivity index is 2.48. The standard InChI is InChI=1S/C14H17N3/c1-9-6-11(3)13(7-10(9)2)14-5-4-12(8-15)16-17-14/h4-7H,8,15H2,1-3H3. The van der Waals surface area contributed by atoms with Gasteiger partial charge in [0.1, 0.15) is 0 Å². The highest BCUT2D eigenvalue weighted by molar-refractivity contribution is 5.64. The third-order valence-corrected chi connectivity index (χ3v) is 3.05. The first-order chi connectivity index (χ1) is 8.11. The summed E-state index contributed by atoms with van der Waals surface area (Å²) < 4.78 is 0. The van der Waals surface area contributed by atoms with E-state index in [2.05, 4.69) is 43.1 Å². The van der Waals surface area contributed by atoms with Crippen LogP contribution in [0, 0.1) is 20.8 Å². The summed E-state index contributed by atoms with van der Waals surface area (Å²) in [7, 11) is 0. The van der Waals surface area contributed by atoms with Crippen LogP contribution in [-0.2, 0) is 6.54 Å². The van der Waals surface area contributed by atoms with Crippen LogP contribution >= 0.6 is 0 Å². The first-order valence-electron chi connectivity index (χ1n) is 5.72. The van der Waals surface area contributed by atoms with Gasteiger partial charge < -0.3 is 5.73 Å². The number of aromatic nitrogens is 2. The van der Waals surface area contributed by atoms with Crippen LogP contribution in [0.4, 0.5) is 0 Å². The minimum Gasteiger partial charge on any atom is -0.325 e. The molecule has 1 aromatic carbocycles. The Bertz CT molecular complexity index is 530. The third-order valence-electron chi connectivity index (χ3n) is 3.05. The predicted molar refractivity (Wildman–Crippen MR) is 69.6 cm³/mol. The molecule has 0 radical (unpaired) electrons. The lowest BCUT2D eigenvalue weighted by molar-refractivity contribution is 0.902. The first kappa shape index (κ1) is 11.7. The second-order valence-electron chi connectivity index (χ2n) is 4.37. The zero-order valence-corrected chi connectivity index (χ0v) is 10.5. The van der Waals surface area contributed by atoms with Gasteiger partial charge >= 0.3 is 0 Å². The highest BCUT2D eigenvalue weighted by Crippen LogP contribution is 2.24. The van der Waals surface area contributed by atoms with Gasteiger partial charge in [0.05, 0.1) is 11.4 Å². The minimum atomic E-state index is 0.430. The van der Waals surface area contributed by atoms with Crippen molar-refractivity contribution in [2.24, 2.45) is 5.73 Å². The maximum absolute atomic E-state index is 5.51. The normalized spacial score (nSPS) is 10.6. The van der Waals surface area contributed by atoms with E-state index in [9.17, 15) is 0 Å². The highest BCUT2D eigenvalue weighted by atomic mass is 15.1. The van der Waals surface area contributed by atoms with Gasteiger partial charge in [0.15, 0.2) is 0 Å². The van der Waals surface area contributed by atoms with E-state index in [1.165, 1.54) is 16.7 Å². The SMILES string of the molecule is Cc1cc(C)c(-c2ccc(CN)nn2)cc1C. The van der Waals surface area contributed by atoms with Crippen LogP contribution in [0.15, 0.2) is 24.3 Å². The molecule has 0 saturated carbocycles. The van der Waals surface area contributed by atoms with Gasteiger partial charge in [-0.2, -0.15) is 10.2 Å². The number of hydrogen-bond acceptors (Lipinski definition) is 3. The lowest BCUT2D eigenvalue weighted by atomic mass is 9.98. The van der Waals surface area contributed by atoms with Gasteiger partial charge in [-0.3, -0.25) is 0 Å². The summed E-state index contributed by atoms with van der Waals surface area (Å²) in [6.07, 6.45) is 0. The van der Waals surface area contributed by atoms with Crippen LogP contribution in [-0.4, -0.2) is 10.2 Å². The Kier molecular flexibility index (Phi) is 3.20. The summed E-state index contributed by atoms with van der Waals surface area (Å²) in [5.74, 6) is 0. The van der Waals surface area contributed by atoms with Crippen molar-refractivity contribution < 1.29 is 0 Å². The number of nitrogens with two attached hydrogens (primary N) is 1. The Morgan fingerprint density at radius 1 is 0.941 bits per heavy atom. The second kappa shape index (κ2) is 4.63. The van der Waals surface area contributed by atoms with Crippen LogP contribution in [0.25, 0.3) is 11.3 Å². The molecule has 0 saturated heterocycles. The topological polar surface area (TPSA) is 51.8 Å². The molecule has 2 aromatic rings. The molecule has 0 aliphatic heterocycles. The lowest BCUT2D eigenvalue weighted by Gasteiger charge is -2.09. The van der Waals surface area contributed by atoms with Gasteiger partial charge in [-0.25, -0.2) is 0 Å². The van der Waals surface area contributed by atoms with E-state index in [1.54, 1.807) is 0 Å². The zero-order chi connectivity index (χ0) is 12.4. The molecule has 0 bridgehead atoms. The molecule has 0 aliphatic rings. The van der Waals surface area contributed by atoms with Crippen molar-refractivity contribution in [1.82, 2.24) is 10.2 Å². The number of hydrogen-bond donors (Lipinski definition) is 1. The molecule has 17 heavy (non-hydrogen) atoms. The van der Waals surface area contributed by atoms with Crippen LogP contribution in [0.2, 0.25) is 0 Å². The van der Waals surface area contributed by atoms with Crippen LogP contribution in [0.3, 0.4) is 0 Å². The number of rotatable bonds is 2. The molecule has 2 N–H and O–H groups in total. The monoisotopic (exact) mass is 227 g/mol. The van der Waals surface area contributed by atoms with Gasteiger partial charge in [-0.15, -0.1) is 0 Å². The first-order valence-corrected chi connectivity index (χ1v) is 5.72. The van der Waals surface area contributed by atoms with Gasteiger partial charge in [-0.1, -0.05) is 6.07 Å². The summed E-state index contributed by atoms with van der Waals surface area (Å²) >= 11 is 0. The maximum atomic E-state index is 5.51. The molecular formula is C14H17N3. The molecule has 1 aromatic heterocycles. The summed E-state index contributed by atoms with van der Waals surface area (Å²) in [6, 6.07) is 8.25. The molecule has 3 heteroatoms. The second-order valence-corrected chi connectivity index (χ2v) is 4.37. The van der Waals surface area contributed by atoms with E-state index in [-0.39, 0.29) is 0 Å². The number of aryl methyl sites for hydroxylation is 3. The average molecular weight is 227 g/mol. The molecule has 2 rings (SSSR count). The van der Waals surface area contributed by atoms with E-state index >= 15 is 0 Å². The minimum absolute atomic E-state index is 0.430. The fourth-order valence-electron chi connectivity index (χ4n) is 1.85. The maximum Gasteiger partial charge on any atom is 0.0932 e. The fraction of sp³-hybridized carbons (Fsp3) is 0.286. The van der Waals surface area contributed by atoms with E-state index in [1.807, 2.05) is 12.1 Å². The Labute approximate surface area is 102 Å². The largest absolute Gasteiger partial charge is 0.325 e. The zero-order valence-electron chi connectivity index (χ0n) is 10.5. The van der Waals surface area contributed by atoms with Crippen LogP contribution in [0.5, 0.6) is 0 Å². The Morgan fingerprint density at radius 2 is 1.65 bits per heavy atom. The fourth-order valence-corrected chi connectivity index (χ4v) is 1.85. The van der Waals surface area contributed by atoms with Crippen molar-refractivity contribution in [2.75, 3.05) is 0 Å². The lowest BCUT2D eigenvalue weighted by Crippen LogP contribution is -2.01. The number of benzene rings is 1. The van der Waals surface area contributed by atoms with Crippen LogP contribution in [0.1, 0.15) is 22.4 Å². The molecule has 0 unspecified atom stereocenters. The molecule has 3 nitrogen and oxygen atoms in total. The van der Waals surface area contributed by atoms with Crippen LogP contribution < -0.4 is 5.73 Å². The summed E-state index contributed by atoms with van der Waals surface area (Å²) in [5.41, 5.74) is 12.2. The van der Waals surface area contributed by atoms with Crippen molar-refractivity contribution in [3.05, 3.63) is 46.6 Å². The average Bonchev–Trinajstić information content (AvgIpc) is 2.34. The number of nitrogens with zero attached hydrogens (tertiary/aromatic N) is 2. The predicted octanol–water partition coefficient (Wildman–Crippen LogP) is 2.53. The molecule has 0 spiro atoms. The molecular weight excluding hydrogens is 210 g/mol. The third kappa shape index (κ3) is 2.34. The molecule has 0 aliphatic carbocycles. The molecule has 88 valence electrons. The van der Waals surface area contributed by atoms with Crippen molar-refractivity contribution >= 4 is 0 Å². The quantitative estimate of drug-likeness (QED) is 0.857. The van der Waals surface area contributed by atoms with E-state index in [0.717, 1.165) is 17.0 Å². The summed E-state index contributed by atoms with van der Waals surface area (Å²) in [5, 5.41) is 8.31. The van der Waals surface area contributed by atoms with Crippen molar-refractivity contribution in [3.8, 4) is 11.3 Å². The Hall–Kier alpha value is -1.74. The van der Waals surface area contributed by atoms with E-state index in [4.69, 9.17) is 5.73 Å². The smallest absolute Gasteiger partial charge is 0.0932 e. The van der Waals surface area contributed by atoms with E-state index in [0.29, 0.717) is 6.54 Å². The van der Waals surface area contributed by atoms with Crippen molar-refractivity contribution in [1.29, 1.82) is 0 Å². The Morgan fingerprint density at radius 3 is 2.24 bits per heavy atom. The molecule has 0 fully saturated rings. The van der Waals surface area contributed by atoms with Gasteiger partial charge in [-0.05, 0) is 55.7 Å².